The van der Waals surface area contributed by atoms with Crippen LogP contribution < -0.4 is 5.73 Å². The van der Waals surface area contributed by atoms with Gasteiger partial charge in [-0.25, -0.2) is 0 Å². The molecule has 0 spiro atoms. The lowest BCUT2D eigenvalue weighted by Crippen LogP contribution is -2.80. The van der Waals surface area contributed by atoms with Gasteiger partial charge in [0, 0.05) is 53.3 Å². The maximum absolute atomic E-state index is 12.8. The van der Waals surface area contributed by atoms with Gasteiger partial charge >= 0.3 is 0 Å². The first-order valence-electron chi connectivity index (χ1n) is 6.94. The minimum atomic E-state index is -0.813. The molecular formula is C13H22N2O3S. The highest BCUT2D eigenvalue weighted by Crippen LogP contribution is 2.58. The van der Waals surface area contributed by atoms with Gasteiger partial charge in [0.15, 0.2) is 0 Å². The van der Waals surface area contributed by atoms with Crippen LogP contribution in [0.4, 0.5) is 0 Å². The molecule has 0 aromatic heterocycles. The Balaban J connectivity index is 1.80. The lowest BCUT2D eigenvalue weighted by atomic mass is 9.47. The van der Waals surface area contributed by atoms with Crippen molar-refractivity contribution in [3.05, 3.63) is 0 Å². The molecule has 0 radical (unpaired) electrons. The smallest absolute Gasteiger partial charge is 0.243 e. The van der Waals surface area contributed by atoms with E-state index >= 15 is 0 Å². The van der Waals surface area contributed by atoms with Gasteiger partial charge in [-0.05, 0) is 6.42 Å². The highest BCUT2D eigenvalue weighted by molar-refractivity contribution is 7.85. The number of fused-ring (bicyclic) bond motifs is 1. The SMILES string of the molecule is CC1(C)C2OCCC2C1(N)C(=O)N1CCS(=O)CC1. The Kier molecular flexibility index (Phi) is 3.04. The van der Waals surface area contributed by atoms with Crippen molar-refractivity contribution >= 4 is 16.7 Å². The fourth-order valence-electron chi connectivity index (χ4n) is 3.92. The third-order valence-corrected chi connectivity index (χ3v) is 6.55. The first kappa shape index (κ1) is 13.5. The van der Waals surface area contributed by atoms with E-state index in [9.17, 15) is 9.00 Å². The highest BCUT2D eigenvalue weighted by atomic mass is 32.2. The zero-order chi connectivity index (χ0) is 13.8. The fourth-order valence-corrected chi connectivity index (χ4v) is 4.97. The molecule has 2 heterocycles. The summed E-state index contributed by atoms with van der Waals surface area (Å²) in [6.07, 6.45) is 0.983. The van der Waals surface area contributed by atoms with E-state index in [1.165, 1.54) is 0 Å². The first-order valence-corrected chi connectivity index (χ1v) is 8.42. The van der Waals surface area contributed by atoms with E-state index in [1.807, 2.05) is 13.8 Å². The molecule has 3 atom stereocenters. The van der Waals surface area contributed by atoms with Gasteiger partial charge in [-0.3, -0.25) is 9.00 Å². The van der Waals surface area contributed by atoms with Crippen molar-refractivity contribution in [1.29, 1.82) is 0 Å². The molecule has 2 saturated heterocycles. The molecule has 2 aliphatic heterocycles. The summed E-state index contributed by atoms with van der Waals surface area (Å²) in [4.78, 5) is 14.6. The first-order chi connectivity index (χ1) is 8.89. The molecule has 0 aromatic carbocycles. The molecule has 3 aliphatic rings. The van der Waals surface area contributed by atoms with E-state index < -0.39 is 16.3 Å². The van der Waals surface area contributed by atoms with Crippen LogP contribution in [0.2, 0.25) is 0 Å². The summed E-state index contributed by atoms with van der Waals surface area (Å²) < 4.78 is 17.1. The second-order valence-electron chi connectivity index (χ2n) is 6.42. The van der Waals surface area contributed by atoms with Crippen LogP contribution in [-0.2, 0) is 20.3 Å². The van der Waals surface area contributed by atoms with Crippen LogP contribution in [0, 0.1) is 11.3 Å². The monoisotopic (exact) mass is 286 g/mol. The molecule has 1 amide bonds. The largest absolute Gasteiger partial charge is 0.377 e. The number of ether oxygens (including phenoxy) is 1. The van der Waals surface area contributed by atoms with Crippen molar-refractivity contribution in [1.82, 2.24) is 4.90 Å². The predicted molar refractivity (Wildman–Crippen MR) is 73.0 cm³/mol. The van der Waals surface area contributed by atoms with Crippen LogP contribution in [-0.4, -0.2) is 57.9 Å². The van der Waals surface area contributed by atoms with Crippen LogP contribution in [0.5, 0.6) is 0 Å². The van der Waals surface area contributed by atoms with E-state index in [0.29, 0.717) is 31.2 Å². The molecule has 108 valence electrons. The maximum atomic E-state index is 12.8. The molecule has 5 nitrogen and oxygen atoms in total. The molecule has 19 heavy (non-hydrogen) atoms. The number of nitrogens with two attached hydrogens (primary N) is 1. The average Bonchev–Trinajstić information content (AvgIpc) is 2.86. The number of amides is 1. The quantitative estimate of drug-likeness (QED) is 0.719. The zero-order valence-corrected chi connectivity index (χ0v) is 12.4. The van der Waals surface area contributed by atoms with Crippen molar-refractivity contribution in [2.45, 2.75) is 31.9 Å². The maximum Gasteiger partial charge on any atom is 0.243 e. The molecular weight excluding hydrogens is 264 g/mol. The Morgan fingerprint density at radius 2 is 2.00 bits per heavy atom. The second-order valence-corrected chi connectivity index (χ2v) is 8.11. The van der Waals surface area contributed by atoms with Crippen LogP contribution in [0.25, 0.3) is 0 Å². The summed E-state index contributed by atoms with van der Waals surface area (Å²) in [6.45, 7) is 5.89. The van der Waals surface area contributed by atoms with Crippen molar-refractivity contribution < 1.29 is 13.7 Å². The third kappa shape index (κ3) is 1.66. The summed E-state index contributed by atoms with van der Waals surface area (Å²) in [5.41, 5.74) is 5.40. The van der Waals surface area contributed by atoms with Crippen molar-refractivity contribution in [2.75, 3.05) is 31.2 Å². The Morgan fingerprint density at radius 1 is 1.37 bits per heavy atom. The number of carbonyl (C=O) groups excluding carboxylic acids is 1. The Hall–Kier alpha value is -0.460. The lowest BCUT2D eigenvalue weighted by molar-refractivity contribution is -0.184. The number of hydrogen-bond donors (Lipinski definition) is 1. The summed E-state index contributed by atoms with van der Waals surface area (Å²) in [6, 6.07) is 0. The van der Waals surface area contributed by atoms with E-state index in [4.69, 9.17) is 10.5 Å². The van der Waals surface area contributed by atoms with Gasteiger partial charge in [-0.15, -0.1) is 0 Å². The average molecular weight is 286 g/mol. The highest BCUT2D eigenvalue weighted by Gasteiger charge is 2.71. The molecule has 2 N–H and O–H groups in total. The number of hydrogen-bond acceptors (Lipinski definition) is 4. The summed E-state index contributed by atoms with van der Waals surface area (Å²) >= 11 is 0. The lowest BCUT2D eigenvalue weighted by Gasteiger charge is -2.61. The van der Waals surface area contributed by atoms with Crippen molar-refractivity contribution in [3.63, 3.8) is 0 Å². The van der Waals surface area contributed by atoms with Crippen LogP contribution in [0.1, 0.15) is 20.3 Å². The van der Waals surface area contributed by atoms with E-state index in [2.05, 4.69) is 0 Å². The molecule has 0 aromatic rings. The van der Waals surface area contributed by atoms with Gasteiger partial charge in [-0.1, -0.05) is 13.8 Å². The standard InChI is InChI=1S/C13H22N2O3S/c1-12(2)10-9(3-6-18-10)13(12,14)11(16)15-4-7-19(17)8-5-15/h9-10H,3-8,14H2,1-2H3. The molecule has 1 saturated carbocycles. The Labute approximate surface area is 116 Å². The van der Waals surface area contributed by atoms with Crippen LogP contribution in [0.3, 0.4) is 0 Å². The van der Waals surface area contributed by atoms with Gasteiger partial charge in [0.05, 0.1) is 6.10 Å². The topological polar surface area (TPSA) is 72.6 Å². The van der Waals surface area contributed by atoms with Gasteiger partial charge in [-0.2, -0.15) is 0 Å². The van der Waals surface area contributed by atoms with Crippen molar-refractivity contribution in [2.24, 2.45) is 17.1 Å². The molecule has 3 fully saturated rings. The molecule has 0 bridgehead atoms. The minimum absolute atomic E-state index is 0.0287. The van der Waals surface area contributed by atoms with Crippen LogP contribution >= 0.6 is 0 Å². The summed E-state index contributed by atoms with van der Waals surface area (Å²) in [5.74, 6) is 1.32. The minimum Gasteiger partial charge on any atom is -0.377 e. The van der Waals surface area contributed by atoms with Crippen molar-refractivity contribution in [3.8, 4) is 0 Å². The normalized spacial score (nSPS) is 41.7. The van der Waals surface area contributed by atoms with E-state index in [-0.39, 0.29) is 23.3 Å². The van der Waals surface area contributed by atoms with Gasteiger partial charge < -0.3 is 15.4 Å². The zero-order valence-electron chi connectivity index (χ0n) is 11.6. The van der Waals surface area contributed by atoms with E-state index in [0.717, 1.165) is 6.42 Å². The summed E-state index contributed by atoms with van der Waals surface area (Å²) in [7, 11) is -0.772. The van der Waals surface area contributed by atoms with Crippen LogP contribution in [0.15, 0.2) is 0 Å². The Bertz CT molecular complexity index is 430. The molecule has 3 rings (SSSR count). The van der Waals surface area contributed by atoms with Gasteiger partial charge in [0.25, 0.3) is 0 Å². The predicted octanol–water partition coefficient (Wildman–Crippen LogP) is -0.280. The number of rotatable bonds is 1. The summed E-state index contributed by atoms with van der Waals surface area (Å²) in [5, 5.41) is 0. The Morgan fingerprint density at radius 3 is 2.63 bits per heavy atom. The second kappa shape index (κ2) is 4.27. The fraction of sp³-hybridized carbons (Fsp3) is 0.923. The molecule has 6 heteroatoms. The molecule has 3 unspecified atom stereocenters. The van der Waals surface area contributed by atoms with Gasteiger partial charge in [0.2, 0.25) is 5.91 Å². The van der Waals surface area contributed by atoms with Gasteiger partial charge in [0.1, 0.15) is 5.54 Å². The van der Waals surface area contributed by atoms with E-state index in [1.54, 1.807) is 4.90 Å². The molecule has 1 aliphatic carbocycles. The number of carbonyl (C=O) groups is 1. The third-order valence-electron chi connectivity index (χ3n) is 5.27. The number of nitrogens with zero attached hydrogens (tertiary/aromatic N) is 1.